The molecule has 0 aliphatic heterocycles. The number of carbonyl (C=O) groups excluding carboxylic acids is 2. The lowest BCUT2D eigenvalue weighted by Gasteiger charge is -2.27. The van der Waals surface area contributed by atoms with Crippen LogP contribution in [0.25, 0.3) is 0 Å². The molecule has 0 saturated heterocycles. The Balaban J connectivity index is 1.75. The van der Waals surface area contributed by atoms with Gasteiger partial charge < -0.3 is 19.7 Å². The summed E-state index contributed by atoms with van der Waals surface area (Å²) in [6.07, 6.45) is 5.03. The summed E-state index contributed by atoms with van der Waals surface area (Å²) in [5.74, 6) is -5.90. The van der Waals surface area contributed by atoms with Gasteiger partial charge in [-0.05, 0) is 25.7 Å². The van der Waals surface area contributed by atoms with Crippen LogP contribution >= 0.6 is 0 Å². The molecule has 0 spiro atoms. The van der Waals surface area contributed by atoms with Crippen molar-refractivity contribution in [2.45, 2.75) is 51.4 Å². The molecule has 8 nitrogen and oxygen atoms in total. The lowest BCUT2D eigenvalue weighted by molar-refractivity contribution is -0.165. The van der Waals surface area contributed by atoms with Gasteiger partial charge in [0.2, 0.25) is 0 Å². The fraction of sp³-hybridized carbons (Fsp3) is 0.778. The quantitative estimate of drug-likeness (QED) is 0.513. The number of hydrogen-bond acceptors (Lipinski definition) is 6. The highest BCUT2D eigenvalue weighted by Crippen LogP contribution is 2.32. The maximum Gasteiger partial charge on any atom is 0.309 e. The summed E-state index contributed by atoms with van der Waals surface area (Å²) in [6, 6.07) is 0. The molecular formula is C18H26O8. The highest BCUT2D eigenvalue weighted by atomic mass is 16.6. The van der Waals surface area contributed by atoms with Gasteiger partial charge in [0.15, 0.2) is 0 Å². The topological polar surface area (TPSA) is 127 Å². The van der Waals surface area contributed by atoms with Crippen LogP contribution in [0.3, 0.4) is 0 Å². The molecule has 0 aromatic rings. The van der Waals surface area contributed by atoms with E-state index in [2.05, 4.69) is 0 Å². The normalized spacial score (nSPS) is 28.8. The van der Waals surface area contributed by atoms with Gasteiger partial charge in [0.25, 0.3) is 0 Å². The third kappa shape index (κ3) is 5.19. The molecule has 0 aromatic heterocycles. The van der Waals surface area contributed by atoms with Crippen LogP contribution < -0.4 is 0 Å². The van der Waals surface area contributed by atoms with Gasteiger partial charge in [-0.25, -0.2) is 0 Å². The molecule has 0 radical (unpaired) electrons. The largest absolute Gasteiger partial charge is 0.481 e. The maximum atomic E-state index is 12.1. The highest BCUT2D eigenvalue weighted by Gasteiger charge is 2.38. The van der Waals surface area contributed by atoms with Crippen LogP contribution in [0.2, 0.25) is 0 Å². The molecule has 2 N–H and O–H groups in total. The van der Waals surface area contributed by atoms with Crippen molar-refractivity contribution < 1.29 is 38.9 Å². The zero-order chi connectivity index (χ0) is 19.1. The van der Waals surface area contributed by atoms with E-state index in [1.54, 1.807) is 0 Å². The van der Waals surface area contributed by atoms with Gasteiger partial charge in [-0.15, -0.1) is 0 Å². The first-order valence-corrected chi connectivity index (χ1v) is 9.20. The van der Waals surface area contributed by atoms with E-state index in [-0.39, 0.29) is 13.2 Å². The van der Waals surface area contributed by atoms with Crippen molar-refractivity contribution in [3.63, 3.8) is 0 Å². The minimum absolute atomic E-state index is 0.155. The van der Waals surface area contributed by atoms with Crippen molar-refractivity contribution >= 4 is 23.9 Å². The van der Waals surface area contributed by atoms with Crippen LogP contribution in [0.15, 0.2) is 0 Å². The fourth-order valence-corrected chi connectivity index (χ4v) is 3.92. The molecule has 0 heterocycles. The third-order valence-corrected chi connectivity index (χ3v) is 5.34. The highest BCUT2D eigenvalue weighted by molar-refractivity contribution is 5.82. The van der Waals surface area contributed by atoms with E-state index in [0.29, 0.717) is 25.7 Å². The molecule has 4 atom stereocenters. The van der Waals surface area contributed by atoms with Gasteiger partial charge in [-0.1, -0.05) is 25.7 Å². The monoisotopic (exact) mass is 370 g/mol. The number of carbonyl (C=O) groups is 4. The van der Waals surface area contributed by atoms with Crippen molar-refractivity contribution in [1.82, 2.24) is 0 Å². The predicted molar refractivity (Wildman–Crippen MR) is 88.1 cm³/mol. The minimum Gasteiger partial charge on any atom is -0.481 e. The first kappa shape index (κ1) is 20.2. The lowest BCUT2D eigenvalue weighted by Crippen LogP contribution is -2.35. The SMILES string of the molecule is O=C(O)[C@H]1CCCC[C@@H]1C(=O)OCCOC(=O)[C@@H]1CCCC[C@@H]1C(=O)O. The van der Waals surface area contributed by atoms with Gasteiger partial charge >= 0.3 is 23.9 Å². The zero-order valence-electron chi connectivity index (χ0n) is 14.7. The fourth-order valence-electron chi connectivity index (χ4n) is 3.92. The summed E-state index contributed by atoms with van der Waals surface area (Å²) in [5.41, 5.74) is 0. The second-order valence-corrected chi connectivity index (χ2v) is 7.01. The molecular weight excluding hydrogens is 344 g/mol. The van der Waals surface area contributed by atoms with Crippen LogP contribution in [0.4, 0.5) is 0 Å². The predicted octanol–water partition coefficient (Wildman–Crippen LogP) is 1.85. The number of aliphatic carboxylic acids is 2. The number of esters is 2. The lowest BCUT2D eigenvalue weighted by atomic mass is 9.79. The smallest absolute Gasteiger partial charge is 0.309 e. The average molecular weight is 370 g/mol. The van der Waals surface area contributed by atoms with Crippen molar-refractivity contribution in [2.24, 2.45) is 23.7 Å². The molecule has 2 aliphatic rings. The molecule has 0 unspecified atom stereocenters. The summed E-state index contributed by atoms with van der Waals surface area (Å²) in [4.78, 5) is 46.6. The van der Waals surface area contributed by atoms with Crippen LogP contribution in [-0.2, 0) is 28.7 Å². The maximum absolute atomic E-state index is 12.1. The van der Waals surface area contributed by atoms with E-state index < -0.39 is 47.5 Å². The molecule has 0 amide bonds. The van der Waals surface area contributed by atoms with E-state index in [1.165, 1.54) is 0 Å². The van der Waals surface area contributed by atoms with E-state index >= 15 is 0 Å². The summed E-state index contributed by atoms with van der Waals surface area (Å²) in [6.45, 7) is -0.310. The molecule has 8 heteroatoms. The first-order valence-electron chi connectivity index (χ1n) is 9.20. The van der Waals surface area contributed by atoms with E-state index in [0.717, 1.165) is 25.7 Å². The van der Waals surface area contributed by atoms with Crippen molar-refractivity contribution in [2.75, 3.05) is 13.2 Å². The third-order valence-electron chi connectivity index (χ3n) is 5.34. The number of carboxylic acids is 2. The average Bonchev–Trinajstić information content (AvgIpc) is 2.64. The minimum atomic E-state index is -0.991. The van der Waals surface area contributed by atoms with Crippen LogP contribution in [0, 0.1) is 23.7 Å². The molecule has 26 heavy (non-hydrogen) atoms. The number of carboxylic acid groups (broad SMARTS) is 2. The van der Waals surface area contributed by atoms with Crippen molar-refractivity contribution in [1.29, 1.82) is 0 Å². The van der Waals surface area contributed by atoms with Crippen LogP contribution in [-0.4, -0.2) is 47.3 Å². The summed E-state index contributed by atoms with van der Waals surface area (Å²) in [7, 11) is 0. The molecule has 0 aromatic carbocycles. The van der Waals surface area contributed by atoms with Crippen LogP contribution in [0.1, 0.15) is 51.4 Å². The molecule has 2 saturated carbocycles. The summed E-state index contributed by atoms with van der Waals surface area (Å²) >= 11 is 0. The Morgan fingerprint density at radius 3 is 1.23 bits per heavy atom. The van der Waals surface area contributed by atoms with Crippen LogP contribution in [0.5, 0.6) is 0 Å². The standard InChI is InChI=1S/C18H26O8/c19-15(20)11-5-1-3-7-13(11)17(23)25-9-10-26-18(24)14-8-4-2-6-12(14)16(21)22/h11-14H,1-10H2,(H,19,20)(H,21,22)/t11-,12-,13-,14+/m0/s1. The Morgan fingerprint density at radius 2 is 0.923 bits per heavy atom. The molecule has 0 bridgehead atoms. The van der Waals surface area contributed by atoms with E-state index in [9.17, 15) is 29.4 Å². The van der Waals surface area contributed by atoms with Gasteiger partial charge in [0.1, 0.15) is 13.2 Å². The van der Waals surface area contributed by atoms with E-state index in [1.807, 2.05) is 0 Å². The van der Waals surface area contributed by atoms with Gasteiger partial charge in [-0.3, -0.25) is 19.2 Å². The Hall–Kier alpha value is -2.12. The number of ether oxygens (including phenoxy) is 2. The summed E-state index contributed by atoms with van der Waals surface area (Å²) in [5, 5.41) is 18.4. The van der Waals surface area contributed by atoms with Crippen molar-refractivity contribution in [3.05, 3.63) is 0 Å². The first-order chi connectivity index (χ1) is 12.4. The Kier molecular flexibility index (Phi) is 7.41. The molecule has 2 aliphatic carbocycles. The number of rotatable bonds is 7. The Bertz CT molecular complexity index is 495. The molecule has 2 rings (SSSR count). The molecule has 2 fully saturated rings. The Labute approximate surface area is 151 Å². The van der Waals surface area contributed by atoms with Gasteiger partial charge in [-0.2, -0.15) is 0 Å². The van der Waals surface area contributed by atoms with Gasteiger partial charge in [0, 0.05) is 0 Å². The summed E-state index contributed by atoms with van der Waals surface area (Å²) < 4.78 is 10.2. The second-order valence-electron chi connectivity index (χ2n) is 7.01. The van der Waals surface area contributed by atoms with Crippen molar-refractivity contribution in [3.8, 4) is 0 Å². The second kappa shape index (κ2) is 9.54. The molecule has 146 valence electrons. The zero-order valence-corrected chi connectivity index (χ0v) is 14.7. The Morgan fingerprint density at radius 1 is 0.615 bits per heavy atom. The van der Waals surface area contributed by atoms with E-state index in [4.69, 9.17) is 9.47 Å². The van der Waals surface area contributed by atoms with Gasteiger partial charge in [0.05, 0.1) is 23.7 Å². The number of hydrogen-bond donors (Lipinski definition) is 2.